The van der Waals surface area contributed by atoms with Crippen molar-refractivity contribution in [2.45, 2.75) is 13.5 Å². The second kappa shape index (κ2) is 9.34. The first-order chi connectivity index (χ1) is 13.3. The molecule has 3 rings (SSSR count). The summed E-state index contributed by atoms with van der Waals surface area (Å²) in [7, 11) is 0. The summed E-state index contributed by atoms with van der Waals surface area (Å²) in [4.78, 5) is 15.9. The summed E-state index contributed by atoms with van der Waals surface area (Å²) in [5.41, 5.74) is 4.33. The predicted molar refractivity (Wildman–Crippen MR) is 105 cm³/mol. The first-order valence-electron chi connectivity index (χ1n) is 8.82. The number of ether oxygens (including phenoxy) is 2. The van der Waals surface area contributed by atoms with Crippen LogP contribution in [0.2, 0.25) is 0 Å². The van der Waals surface area contributed by atoms with Crippen LogP contribution < -0.4 is 0 Å². The zero-order valence-corrected chi connectivity index (χ0v) is 15.2. The molecule has 0 unspecified atom stereocenters. The van der Waals surface area contributed by atoms with Crippen LogP contribution >= 0.6 is 0 Å². The number of carbonyl (C=O) groups excluding carboxylic acids is 1. The van der Waals surface area contributed by atoms with Crippen LogP contribution in [0.5, 0.6) is 0 Å². The second-order valence-electron chi connectivity index (χ2n) is 5.83. The molecule has 3 aromatic rings. The monoisotopic (exact) mass is 359 g/mol. The molecule has 1 aromatic heterocycles. The van der Waals surface area contributed by atoms with E-state index in [1.807, 2.05) is 36.4 Å². The van der Waals surface area contributed by atoms with Crippen molar-refractivity contribution >= 4 is 11.5 Å². The summed E-state index contributed by atoms with van der Waals surface area (Å²) in [6, 6.07) is 23.6. The average molecular weight is 359 g/mol. The van der Waals surface area contributed by atoms with Crippen LogP contribution in [0.4, 0.5) is 0 Å². The number of rotatable bonds is 7. The minimum atomic E-state index is -0.368. The maximum Gasteiger partial charge on any atom is 0.339 e. The van der Waals surface area contributed by atoms with Gasteiger partial charge >= 0.3 is 5.97 Å². The molecule has 0 amide bonds. The van der Waals surface area contributed by atoms with Gasteiger partial charge in [0.1, 0.15) is 6.61 Å². The van der Waals surface area contributed by atoms with Gasteiger partial charge in [-0.1, -0.05) is 60.7 Å². The molecule has 27 heavy (non-hydrogen) atoms. The summed E-state index contributed by atoms with van der Waals surface area (Å²) in [5, 5.41) is 0. The Bertz CT molecular complexity index is 846. The second-order valence-corrected chi connectivity index (χ2v) is 5.83. The van der Waals surface area contributed by atoms with E-state index in [4.69, 9.17) is 9.47 Å². The van der Waals surface area contributed by atoms with Crippen molar-refractivity contribution in [2.75, 3.05) is 6.61 Å². The normalized spacial score (nSPS) is 10.1. The van der Waals surface area contributed by atoms with Gasteiger partial charge in [0.15, 0.2) is 0 Å². The van der Waals surface area contributed by atoms with Crippen molar-refractivity contribution in [3.05, 3.63) is 108 Å². The largest absolute Gasteiger partial charge is 0.494 e. The Kier molecular flexibility index (Phi) is 6.36. The standard InChI is InChI=1S/C23H21NO3/c1-2-27-23(25)20-13-14-21(24-15-20)16-26-17-22(18-9-5-3-6-10-18)19-11-7-4-8-12-19/h3-15,17H,2,16H2,1H3. The van der Waals surface area contributed by atoms with Crippen molar-refractivity contribution < 1.29 is 14.3 Å². The average Bonchev–Trinajstić information content (AvgIpc) is 2.73. The lowest BCUT2D eigenvalue weighted by Crippen LogP contribution is -2.05. The highest BCUT2D eigenvalue weighted by Crippen LogP contribution is 2.23. The molecule has 2 aromatic carbocycles. The molecule has 0 saturated carbocycles. The molecule has 0 radical (unpaired) electrons. The molecular formula is C23H21NO3. The number of carbonyl (C=O) groups is 1. The predicted octanol–water partition coefficient (Wildman–Crippen LogP) is 4.86. The van der Waals surface area contributed by atoms with Gasteiger partial charge in [0.2, 0.25) is 0 Å². The Morgan fingerprint density at radius 3 is 2.04 bits per heavy atom. The first kappa shape index (κ1) is 18.4. The third-order valence-electron chi connectivity index (χ3n) is 3.94. The fraction of sp³-hybridized carbons (Fsp3) is 0.130. The van der Waals surface area contributed by atoms with E-state index in [9.17, 15) is 4.79 Å². The van der Waals surface area contributed by atoms with Crippen LogP contribution in [-0.2, 0) is 16.1 Å². The van der Waals surface area contributed by atoms with Crippen LogP contribution in [0.25, 0.3) is 5.57 Å². The summed E-state index contributed by atoms with van der Waals surface area (Å²) in [6.45, 7) is 2.43. The molecule has 1 heterocycles. The van der Waals surface area contributed by atoms with E-state index < -0.39 is 0 Å². The van der Waals surface area contributed by atoms with Gasteiger partial charge in [0, 0.05) is 11.8 Å². The summed E-state index contributed by atoms with van der Waals surface area (Å²) < 4.78 is 10.8. The lowest BCUT2D eigenvalue weighted by Gasteiger charge is -2.09. The molecule has 0 N–H and O–H groups in total. The van der Waals surface area contributed by atoms with E-state index >= 15 is 0 Å². The Labute approximate surface area is 159 Å². The lowest BCUT2D eigenvalue weighted by atomic mass is 9.99. The molecule has 0 aliphatic carbocycles. The van der Waals surface area contributed by atoms with Gasteiger partial charge in [0.05, 0.1) is 24.1 Å². The minimum Gasteiger partial charge on any atom is -0.494 e. The maximum absolute atomic E-state index is 11.7. The number of esters is 1. The van der Waals surface area contributed by atoms with E-state index in [0.29, 0.717) is 18.8 Å². The number of benzene rings is 2. The lowest BCUT2D eigenvalue weighted by molar-refractivity contribution is 0.0525. The zero-order chi connectivity index (χ0) is 18.9. The van der Waals surface area contributed by atoms with Crippen LogP contribution in [-0.4, -0.2) is 17.6 Å². The summed E-state index contributed by atoms with van der Waals surface area (Å²) in [6.07, 6.45) is 3.27. The molecule has 136 valence electrons. The van der Waals surface area contributed by atoms with E-state index in [0.717, 1.165) is 22.4 Å². The van der Waals surface area contributed by atoms with Crippen LogP contribution in [0.15, 0.2) is 85.3 Å². The Morgan fingerprint density at radius 2 is 1.52 bits per heavy atom. The topological polar surface area (TPSA) is 48.4 Å². The van der Waals surface area contributed by atoms with Gasteiger partial charge in [-0.2, -0.15) is 0 Å². The van der Waals surface area contributed by atoms with Crippen molar-refractivity contribution in [3.8, 4) is 0 Å². The number of pyridine rings is 1. The molecule has 4 heteroatoms. The van der Waals surface area contributed by atoms with Crippen molar-refractivity contribution in [3.63, 3.8) is 0 Å². The summed E-state index contributed by atoms with van der Waals surface area (Å²) >= 11 is 0. The minimum absolute atomic E-state index is 0.312. The molecule has 0 bridgehead atoms. The van der Waals surface area contributed by atoms with E-state index in [2.05, 4.69) is 29.2 Å². The third-order valence-corrected chi connectivity index (χ3v) is 3.94. The van der Waals surface area contributed by atoms with Gasteiger partial charge in [-0.25, -0.2) is 4.79 Å². The molecule has 0 fully saturated rings. The molecular weight excluding hydrogens is 338 g/mol. The number of hydrogen-bond acceptors (Lipinski definition) is 4. The highest BCUT2D eigenvalue weighted by atomic mass is 16.5. The molecule has 0 aliphatic rings. The van der Waals surface area contributed by atoms with Crippen molar-refractivity contribution in [1.82, 2.24) is 4.98 Å². The quantitative estimate of drug-likeness (QED) is 0.446. The number of hydrogen-bond donors (Lipinski definition) is 0. The molecule has 0 aliphatic heterocycles. The maximum atomic E-state index is 11.7. The van der Waals surface area contributed by atoms with Gasteiger partial charge in [-0.15, -0.1) is 0 Å². The van der Waals surface area contributed by atoms with Crippen molar-refractivity contribution in [2.24, 2.45) is 0 Å². The molecule has 4 nitrogen and oxygen atoms in total. The number of aromatic nitrogens is 1. The zero-order valence-electron chi connectivity index (χ0n) is 15.2. The first-order valence-corrected chi connectivity index (χ1v) is 8.82. The van der Waals surface area contributed by atoms with Crippen LogP contribution in [0, 0.1) is 0 Å². The fourth-order valence-electron chi connectivity index (χ4n) is 2.59. The Balaban J connectivity index is 1.73. The van der Waals surface area contributed by atoms with Crippen LogP contribution in [0.3, 0.4) is 0 Å². The highest BCUT2D eigenvalue weighted by Gasteiger charge is 2.07. The van der Waals surface area contributed by atoms with Gasteiger partial charge in [-0.3, -0.25) is 4.98 Å². The van der Waals surface area contributed by atoms with Gasteiger partial charge in [0.25, 0.3) is 0 Å². The number of nitrogens with zero attached hydrogens (tertiary/aromatic N) is 1. The third kappa shape index (κ3) is 5.05. The van der Waals surface area contributed by atoms with Gasteiger partial charge < -0.3 is 9.47 Å². The van der Waals surface area contributed by atoms with Crippen LogP contribution in [0.1, 0.15) is 34.1 Å². The summed E-state index contributed by atoms with van der Waals surface area (Å²) in [5.74, 6) is -0.368. The SMILES string of the molecule is CCOC(=O)c1ccc(COC=C(c2ccccc2)c2ccccc2)nc1. The van der Waals surface area contributed by atoms with E-state index in [1.165, 1.54) is 6.20 Å². The Morgan fingerprint density at radius 1 is 0.889 bits per heavy atom. The molecule has 0 saturated heterocycles. The molecule has 0 spiro atoms. The highest BCUT2D eigenvalue weighted by molar-refractivity contribution is 5.88. The van der Waals surface area contributed by atoms with E-state index in [1.54, 1.807) is 25.3 Å². The van der Waals surface area contributed by atoms with Crippen molar-refractivity contribution in [1.29, 1.82) is 0 Å². The smallest absolute Gasteiger partial charge is 0.339 e. The molecule has 0 atom stereocenters. The van der Waals surface area contributed by atoms with Gasteiger partial charge in [-0.05, 0) is 30.2 Å². The Hall–Kier alpha value is -3.40. The fourth-order valence-corrected chi connectivity index (χ4v) is 2.59. The van der Waals surface area contributed by atoms with E-state index in [-0.39, 0.29) is 5.97 Å².